The number of hydrogen-bond acceptors (Lipinski definition) is 4. The van der Waals surface area contributed by atoms with Crippen molar-refractivity contribution in [2.75, 3.05) is 6.54 Å². The first-order chi connectivity index (χ1) is 8.60. The minimum absolute atomic E-state index is 0.000869. The van der Waals surface area contributed by atoms with E-state index in [1.165, 1.54) is 6.08 Å². The number of ether oxygens (including phenoxy) is 1. The van der Waals surface area contributed by atoms with E-state index in [1.807, 2.05) is 0 Å². The minimum atomic E-state index is -1.32. The summed E-state index contributed by atoms with van der Waals surface area (Å²) in [6, 6.07) is -1.15. The molecule has 0 aliphatic carbocycles. The molecule has 0 bridgehead atoms. The molecule has 1 aliphatic rings. The standard InChI is InChI=1S/C12H17NO6/c1-12(2,3)19-9(14)5-7-4-8(10(15)16)13(6-7)11(17)18/h5,8H,4,6H2,1-3H3,(H,15,16)(H,17,18)/b7-5+/t8-/m0/s1. The zero-order chi connectivity index (χ0) is 14.8. The second-order valence-corrected chi connectivity index (χ2v) is 5.30. The summed E-state index contributed by atoms with van der Waals surface area (Å²) >= 11 is 0. The number of esters is 1. The van der Waals surface area contributed by atoms with Gasteiger partial charge in [-0.05, 0) is 26.3 Å². The van der Waals surface area contributed by atoms with Crippen molar-refractivity contribution in [3.8, 4) is 0 Å². The molecule has 7 nitrogen and oxygen atoms in total. The molecule has 1 saturated heterocycles. The summed E-state index contributed by atoms with van der Waals surface area (Å²) in [5.74, 6) is -1.83. The lowest BCUT2D eigenvalue weighted by Gasteiger charge is -2.18. The highest BCUT2D eigenvalue weighted by Gasteiger charge is 2.37. The lowest BCUT2D eigenvalue weighted by atomic mass is 10.1. The average molecular weight is 271 g/mol. The van der Waals surface area contributed by atoms with Gasteiger partial charge in [0.2, 0.25) is 0 Å². The Morgan fingerprint density at radius 2 is 1.89 bits per heavy atom. The fourth-order valence-corrected chi connectivity index (χ4v) is 1.78. The number of amides is 1. The summed E-state index contributed by atoms with van der Waals surface area (Å²) in [7, 11) is 0. The van der Waals surface area contributed by atoms with Crippen LogP contribution in [0.4, 0.5) is 4.79 Å². The fourth-order valence-electron chi connectivity index (χ4n) is 1.78. The van der Waals surface area contributed by atoms with Gasteiger partial charge in [-0.15, -0.1) is 0 Å². The van der Waals surface area contributed by atoms with E-state index in [9.17, 15) is 14.4 Å². The van der Waals surface area contributed by atoms with E-state index in [0.717, 1.165) is 4.90 Å². The summed E-state index contributed by atoms with van der Waals surface area (Å²) in [5.41, 5.74) is -0.213. The van der Waals surface area contributed by atoms with Gasteiger partial charge in [-0.2, -0.15) is 0 Å². The van der Waals surface area contributed by atoms with Gasteiger partial charge in [0.15, 0.2) is 0 Å². The SMILES string of the molecule is CC(C)(C)OC(=O)/C=C1\C[C@@H](C(=O)O)N(C(=O)O)C1. The molecule has 0 aromatic heterocycles. The number of likely N-dealkylation sites (tertiary alicyclic amines) is 1. The number of carbonyl (C=O) groups excluding carboxylic acids is 1. The molecule has 1 aliphatic heterocycles. The lowest BCUT2D eigenvalue weighted by Crippen LogP contribution is -2.39. The van der Waals surface area contributed by atoms with Crippen LogP contribution in [-0.2, 0) is 14.3 Å². The maximum absolute atomic E-state index is 11.6. The van der Waals surface area contributed by atoms with E-state index in [2.05, 4.69) is 0 Å². The molecule has 0 spiro atoms. The fraction of sp³-hybridized carbons (Fsp3) is 0.583. The number of aliphatic carboxylic acids is 1. The Morgan fingerprint density at radius 3 is 2.26 bits per heavy atom. The summed E-state index contributed by atoms with van der Waals surface area (Å²) < 4.78 is 5.06. The Morgan fingerprint density at radius 1 is 1.32 bits per heavy atom. The van der Waals surface area contributed by atoms with Crippen molar-refractivity contribution in [1.29, 1.82) is 0 Å². The van der Waals surface area contributed by atoms with Crippen LogP contribution in [-0.4, -0.2) is 51.3 Å². The van der Waals surface area contributed by atoms with Crippen molar-refractivity contribution in [3.63, 3.8) is 0 Å². The Bertz CT molecular complexity index is 410. The van der Waals surface area contributed by atoms with E-state index < -0.39 is 29.7 Å². The Labute approximate surface area is 110 Å². The molecule has 0 radical (unpaired) electrons. The molecule has 0 saturated carbocycles. The van der Waals surface area contributed by atoms with Crippen molar-refractivity contribution in [1.82, 2.24) is 4.90 Å². The molecule has 1 heterocycles. The highest BCUT2D eigenvalue weighted by atomic mass is 16.6. The van der Waals surface area contributed by atoms with Crippen LogP contribution in [0.5, 0.6) is 0 Å². The first kappa shape index (κ1) is 15.0. The Kier molecular flexibility index (Phi) is 4.18. The first-order valence-corrected chi connectivity index (χ1v) is 5.75. The van der Waals surface area contributed by atoms with Crippen LogP contribution in [0.15, 0.2) is 11.6 Å². The number of nitrogens with zero attached hydrogens (tertiary/aromatic N) is 1. The van der Waals surface area contributed by atoms with Gasteiger partial charge in [-0.25, -0.2) is 14.4 Å². The summed E-state index contributed by atoms with van der Waals surface area (Å²) in [5, 5.41) is 17.8. The smallest absolute Gasteiger partial charge is 0.408 e. The summed E-state index contributed by atoms with van der Waals surface area (Å²) in [6.45, 7) is 5.04. The van der Waals surface area contributed by atoms with Crippen LogP contribution in [0.2, 0.25) is 0 Å². The zero-order valence-corrected chi connectivity index (χ0v) is 11.0. The van der Waals surface area contributed by atoms with Gasteiger partial charge in [-0.1, -0.05) is 0 Å². The summed E-state index contributed by atoms with van der Waals surface area (Å²) in [6.07, 6.45) is -0.148. The Balaban J connectivity index is 2.79. The highest BCUT2D eigenvalue weighted by molar-refractivity contribution is 5.85. The predicted octanol–water partition coefficient (Wildman–Crippen LogP) is 1.09. The molecule has 106 valence electrons. The molecule has 0 aromatic carbocycles. The third kappa shape index (κ3) is 4.27. The zero-order valence-electron chi connectivity index (χ0n) is 11.0. The Hall–Kier alpha value is -2.05. The van der Waals surface area contributed by atoms with Crippen molar-refractivity contribution in [2.45, 2.75) is 38.8 Å². The largest absolute Gasteiger partial charge is 0.480 e. The first-order valence-electron chi connectivity index (χ1n) is 5.75. The van der Waals surface area contributed by atoms with Crippen molar-refractivity contribution in [3.05, 3.63) is 11.6 Å². The number of carboxylic acid groups (broad SMARTS) is 2. The number of carbonyl (C=O) groups is 3. The molecule has 0 unspecified atom stereocenters. The molecule has 1 rings (SSSR count). The van der Waals surface area contributed by atoms with Gasteiger partial charge in [0.25, 0.3) is 0 Å². The molecule has 0 aromatic rings. The number of carboxylic acids is 1. The van der Waals surface area contributed by atoms with Crippen LogP contribution < -0.4 is 0 Å². The van der Waals surface area contributed by atoms with Crippen LogP contribution in [0, 0.1) is 0 Å². The lowest BCUT2D eigenvalue weighted by molar-refractivity contribution is -0.148. The molecule has 1 amide bonds. The van der Waals surface area contributed by atoms with E-state index in [4.69, 9.17) is 14.9 Å². The topological polar surface area (TPSA) is 104 Å². The number of hydrogen-bond donors (Lipinski definition) is 2. The van der Waals surface area contributed by atoms with E-state index >= 15 is 0 Å². The maximum Gasteiger partial charge on any atom is 0.408 e. The molecular weight excluding hydrogens is 254 g/mol. The molecule has 1 fully saturated rings. The highest BCUT2D eigenvalue weighted by Crippen LogP contribution is 2.23. The van der Waals surface area contributed by atoms with Gasteiger partial charge in [-0.3, -0.25) is 4.90 Å². The van der Waals surface area contributed by atoms with Gasteiger partial charge < -0.3 is 14.9 Å². The second kappa shape index (κ2) is 5.29. The molecule has 7 heteroatoms. The van der Waals surface area contributed by atoms with Gasteiger partial charge in [0.1, 0.15) is 11.6 Å². The van der Waals surface area contributed by atoms with Crippen molar-refractivity contribution in [2.24, 2.45) is 0 Å². The van der Waals surface area contributed by atoms with Crippen LogP contribution in [0.1, 0.15) is 27.2 Å². The summed E-state index contributed by atoms with van der Waals surface area (Å²) in [4.78, 5) is 34.2. The third-order valence-corrected chi connectivity index (χ3v) is 2.46. The molecular formula is C12H17NO6. The number of rotatable bonds is 2. The van der Waals surface area contributed by atoms with E-state index in [-0.39, 0.29) is 13.0 Å². The average Bonchev–Trinajstić information content (AvgIpc) is 2.58. The third-order valence-electron chi connectivity index (χ3n) is 2.46. The molecule has 19 heavy (non-hydrogen) atoms. The minimum Gasteiger partial charge on any atom is -0.480 e. The van der Waals surface area contributed by atoms with Crippen LogP contribution >= 0.6 is 0 Å². The second-order valence-electron chi connectivity index (χ2n) is 5.30. The molecule has 1 atom stereocenters. The normalized spacial score (nSPS) is 21.5. The van der Waals surface area contributed by atoms with Gasteiger partial charge in [0.05, 0.1) is 0 Å². The van der Waals surface area contributed by atoms with Gasteiger partial charge >= 0.3 is 18.0 Å². The monoisotopic (exact) mass is 271 g/mol. The van der Waals surface area contributed by atoms with Crippen molar-refractivity contribution >= 4 is 18.0 Å². The van der Waals surface area contributed by atoms with Crippen LogP contribution in [0.25, 0.3) is 0 Å². The van der Waals surface area contributed by atoms with Gasteiger partial charge in [0, 0.05) is 19.0 Å². The predicted molar refractivity (Wildman–Crippen MR) is 64.7 cm³/mol. The van der Waals surface area contributed by atoms with E-state index in [0.29, 0.717) is 5.57 Å². The van der Waals surface area contributed by atoms with Crippen LogP contribution in [0.3, 0.4) is 0 Å². The molecule has 2 N–H and O–H groups in total. The quantitative estimate of drug-likeness (QED) is 0.575. The maximum atomic E-state index is 11.6. The van der Waals surface area contributed by atoms with E-state index in [1.54, 1.807) is 20.8 Å². The van der Waals surface area contributed by atoms with Crippen molar-refractivity contribution < 1.29 is 29.3 Å².